The number of aromatic hydroxyl groups is 1. The average Bonchev–Trinajstić information content (AvgIpc) is 3.08. The second kappa shape index (κ2) is 8.68. The standard InChI is InChI=1S/C21H20F3N3O4/c22-21(23,24)18-14(13-3-1-2-4-16(13)26-18)10-15(25)19(29)27-17(20(30)31)9-11-5-7-12(28)8-6-11/h1-8,15,17,26,28H,9-10,25H2,(H,27,29)(H,30,31)/t15-,17-/m0/s1/i22-1. The highest BCUT2D eigenvalue weighted by atomic mass is 19.3. The number of para-hydroxylation sites is 1. The van der Waals surface area contributed by atoms with E-state index in [1.165, 1.54) is 36.4 Å². The summed E-state index contributed by atoms with van der Waals surface area (Å²) in [6, 6.07) is 9.13. The van der Waals surface area contributed by atoms with Crippen LogP contribution < -0.4 is 11.1 Å². The summed E-state index contributed by atoms with van der Waals surface area (Å²) in [7, 11) is 0. The molecule has 0 unspecified atom stereocenters. The molecule has 0 aliphatic rings. The predicted molar refractivity (Wildman–Crippen MR) is 106 cm³/mol. The molecule has 2 atom stereocenters. The van der Waals surface area contributed by atoms with E-state index < -0.39 is 42.3 Å². The van der Waals surface area contributed by atoms with Gasteiger partial charge in [0.1, 0.15) is 17.5 Å². The molecular formula is C21H20F3N3O4. The van der Waals surface area contributed by atoms with E-state index in [-0.39, 0.29) is 28.6 Å². The number of halogens is 3. The van der Waals surface area contributed by atoms with E-state index in [0.717, 1.165) is 0 Å². The number of aromatic amines is 1. The topological polar surface area (TPSA) is 128 Å². The number of H-pyrrole nitrogens is 1. The summed E-state index contributed by atoms with van der Waals surface area (Å²) in [6.07, 6.45) is -5.20. The monoisotopic (exact) mass is 434 g/mol. The summed E-state index contributed by atoms with van der Waals surface area (Å²) >= 11 is 0. The number of nitrogens with one attached hydrogen (secondary N) is 2. The Balaban J connectivity index is 1.78. The zero-order valence-electron chi connectivity index (χ0n) is 16.1. The third kappa shape index (κ3) is 5.15. The molecule has 6 N–H and O–H groups in total. The third-order valence-electron chi connectivity index (χ3n) is 4.85. The molecule has 3 rings (SSSR count). The van der Waals surface area contributed by atoms with Crippen LogP contribution in [0.15, 0.2) is 48.5 Å². The van der Waals surface area contributed by atoms with E-state index in [9.17, 15) is 33.0 Å². The Hall–Kier alpha value is -3.53. The molecule has 2 aromatic carbocycles. The van der Waals surface area contributed by atoms with Gasteiger partial charge in [0.2, 0.25) is 5.91 Å². The Morgan fingerprint density at radius 3 is 2.32 bits per heavy atom. The molecule has 0 spiro atoms. The van der Waals surface area contributed by atoms with E-state index >= 15 is 0 Å². The number of benzene rings is 2. The van der Waals surface area contributed by atoms with Gasteiger partial charge in [-0.1, -0.05) is 30.3 Å². The summed E-state index contributed by atoms with van der Waals surface area (Å²) in [4.78, 5) is 26.4. The second-order valence-electron chi connectivity index (χ2n) is 7.10. The Bertz CT molecular complexity index is 1090. The van der Waals surface area contributed by atoms with Crippen LogP contribution in [0, 0.1) is 0 Å². The normalized spacial score (nSPS) is 13.7. The summed E-state index contributed by atoms with van der Waals surface area (Å²) in [5.74, 6) is -2.21. The summed E-state index contributed by atoms with van der Waals surface area (Å²) in [5, 5.41) is 21.3. The van der Waals surface area contributed by atoms with E-state index in [1.54, 1.807) is 12.1 Å². The molecule has 164 valence electrons. The van der Waals surface area contributed by atoms with Gasteiger partial charge in [0.25, 0.3) is 0 Å². The van der Waals surface area contributed by atoms with Gasteiger partial charge in [-0.25, -0.2) is 4.79 Å². The largest absolute Gasteiger partial charge is 0.508 e. The van der Waals surface area contributed by atoms with Crippen LogP contribution in [0.3, 0.4) is 0 Å². The first-order valence-corrected chi connectivity index (χ1v) is 9.29. The van der Waals surface area contributed by atoms with Crippen molar-refractivity contribution in [3.8, 4) is 5.75 Å². The lowest BCUT2D eigenvalue weighted by atomic mass is 10.0. The fourth-order valence-electron chi connectivity index (χ4n) is 3.31. The van der Waals surface area contributed by atoms with Crippen molar-refractivity contribution in [3.05, 3.63) is 65.4 Å². The summed E-state index contributed by atoms with van der Waals surface area (Å²) in [5.41, 5.74) is 5.50. The van der Waals surface area contributed by atoms with Crippen LogP contribution in [0.5, 0.6) is 5.75 Å². The highest BCUT2D eigenvalue weighted by Gasteiger charge is 2.37. The lowest BCUT2D eigenvalue weighted by molar-refractivity contribution is -0.142. The van der Waals surface area contributed by atoms with Crippen LogP contribution in [0.2, 0.25) is 0 Å². The Morgan fingerprint density at radius 1 is 1.06 bits per heavy atom. The number of phenolic OH excluding ortho intramolecular Hbond substituents is 1. The quantitative estimate of drug-likeness (QED) is 0.390. The number of phenols is 1. The number of aromatic nitrogens is 1. The molecule has 1 heterocycles. The highest BCUT2D eigenvalue weighted by Crippen LogP contribution is 2.36. The molecule has 0 fully saturated rings. The van der Waals surface area contributed by atoms with E-state index in [1.807, 2.05) is 0 Å². The van der Waals surface area contributed by atoms with E-state index in [2.05, 4.69) is 10.3 Å². The number of nitrogens with two attached hydrogens (primary N) is 1. The first kappa shape index (κ1) is 22.2. The van der Waals surface area contributed by atoms with E-state index in [0.29, 0.717) is 5.56 Å². The maximum absolute atomic E-state index is 13.5. The van der Waals surface area contributed by atoms with Crippen molar-refractivity contribution < 1.29 is 33.0 Å². The van der Waals surface area contributed by atoms with E-state index in [4.69, 9.17) is 5.73 Å². The molecule has 3 aromatic rings. The van der Waals surface area contributed by atoms with Crippen LogP contribution in [-0.2, 0) is 28.6 Å². The van der Waals surface area contributed by atoms with Gasteiger partial charge >= 0.3 is 12.1 Å². The molecule has 1 amide bonds. The Kier molecular flexibility index (Phi) is 6.21. The lowest BCUT2D eigenvalue weighted by Crippen LogP contribution is -2.50. The van der Waals surface area contributed by atoms with Crippen molar-refractivity contribution in [1.29, 1.82) is 0 Å². The van der Waals surface area contributed by atoms with Crippen molar-refractivity contribution >= 4 is 22.8 Å². The van der Waals surface area contributed by atoms with Crippen molar-refractivity contribution in [1.82, 2.24) is 10.3 Å². The minimum absolute atomic E-state index is 0.000816. The zero-order chi connectivity index (χ0) is 22.8. The third-order valence-corrected chi connectivity index (χ3v) is 4.85. The molecule has 0 aliphatic carbocycles. The summed E-state index contributed by atoms with van der Waals surface area (Å²) in [6.45, 7) is 0. The molecule has 10 heteroatoms. The van der Waals surface area contributed by atoms with Crippen LogP contribution >= 0.6 is 0 Å². The average molecular weight is 434 g/mol. The SMILES string of the molecule is N[C@@H](Cc1c(C(F)(F)[18F])[nH]c2ccccc12)C(=O)N[C@@H](Cc1ccc(O)cc1)C(=O)O. The predicted octanol–water partition coefficient (Wildman–Crippen LogP) is 2.57. The number of hydrogen-bond donors (Lipinski definition) is 5. The fraction of sp³-hybridized carbons (Fsp3) is 0.238. The van der Waals surface area contributed by atoms with Crippen LogP contribution in [0.25, 0.3) is 10.9 Å². The maximum Gasteiger partial charge on any atom is 0.431 e. The number of amides is 1. The minimum Gasteiger partial charge on any atom is -0.508 e. The molecule has 0 saturated carbocycles. The highest BCUT2D eigenvalue weighted by molar-refractivity contribution is 5.89. The molecule has 1 aromatic heterocycles. The first-order chi connectivity index (χ1) is 14.6. The number of hydrogen-bond acceptors (Lipinski definition) is 4. The van der Waals surface area contributed by atoms with Crippen molar-refractivity contribution in [2.24, 2.45) is 5.73 Å². The number of aliphatic carboxylic acids is 1. The molecule has 0 aliphatic heterocycles. The number of carbonyl (C=O) groups is 2. The molecule has 0 radical (unpaired) electrons. The van der Waals surface area contributed by atoms with Gasteiger partial charge in [-0.15, -0.1) is 0 Å². The van der Waals surface area contributed by atoms with Crippen LogP contribution in [0.1, 0.15) is 16.8 Å². The van der Waals surface area contributed by atoms with Crippen molar-refractivity contribution in [3.63, 3.8) is 0 Å². The number of carbonyl (C=O) groups excluding carboxylic acids is 1. The number of alkyl halides is 3. The zero-order valence-corrected chi connectivity index (χ0v) is 16.1. The molecule has 0 bridgehead atoms. The van der Waals surface area contributed by atoms with Crippen molar-refractivity contribution in [2.75, 3.05) is 0 Å². The summed E-state index contributed by atoms with van der Waals surface area (Å²) < 4.78 is 40.4. The van der Waals surface area contributed by atoms with Gasteiger partial charge in [0, 0.05) is 17.3 Å². The van der Waals surface area contributed by atoms with Gasteiger partial charge in [0.15, 0.2) is 0 Å². The minimum atomic E-state index is -4.67. The van der Waals surface area contributed by atoms with Crippen molar-refractivity contribution in [2.45, 2.75) is 31.1 Å². The number of carboxylic acids is 1. The molecule has 7 nitrogen and oxygen atoms in total. The Labute approximate surface area is 174 Å². The Morgan fingerprint density at radius 2 is 1.71 bits per heavy atom. The van der Waals surface area contributed by atoms with Gasteiger partial charge in [-0.3, -0.25) is 4.79 Å². The molecular weight excluding hydrogens is 414 g/mol. The van der Waals surface area contributed by atoms with Gasteiger partial charge < -0.3 is 26.2 Å². The maximum atomic E-state index is 13.5. The number of fused-ring (bicyclic) bond motifs is 1. The van der Waals surface area contributed by atoms with Crippen LogP contribution in [-0.4, -0.2) is 39.2 Å². The van der Waals surface area contributed by atoms with Gasteiger partial charge in [-0.2, -0.15) is 13.2 Å². The smallest absolute Gasteiger partial charge is 0.431 e. The first-order valence-electron chi connectivity index (χ1n) is 9.29. The second-order valence-corrected chi connectivity index (χ2v) is 7.10. The number of rotatable bonds is 7. The van der Waals surface area contributed by atoms with Gasteiger partial charge in [-0.05, 0) is 35.7 Å². The van der Waals surface area contributed by atoms with Gasteiger partial charge in [0.05, 0.1) is 6.04 Å². The molecule has 31 heavy (non-hydrogen) atoms. The lowest BCUT2D eigenvalue weighted by Gasteiger charge is -2.19. The van der Waals surface area contributed by atoms with Crippen LogP contribution in [0.4, 0.5) is 13.2 Å². The fourth-order valence-corrected chi connectivity index (χ4v) is 3.31. The molecule has 0 saturated heterocycles. The number of carboxylic acid groups (broad SMARTS) is 1.